The smallest absolute Gasteiger partial charge is 0.354 e. The predicted octanol–water partition coefficient (Wildman–Crippen LogP) is 6.29. The second-order valence-corrected chi connectivity index (χ2v) is 13.4. The average Bonchev–Trinajstić information content (AvgIpc) is 3.74. The number of hydrogen-bond donors (Lipinski definition) is 5. The first-order valence-corrected chi connectivity index (χ1v) is 16.1. The van der Waals surface area contributed by atoms with Crippen molar-refractivity contribution in [3.8, 4) is 16.9 Å². The van der Waals surface area contributed by atoms with Crippen molar-refractivity contribution >= 4 is 39.6 Å². The molecule has 228 valence electrons. The van der Waals surface area contributed by atoms with E-state index in [9.17, 15) is 4.79 Å². The van der Waals surface area contributed by atoms with Gasteiger partial charge in [-0.1, -0.05) is 42.4 Å². The SMILES string of the molecule is C[C@H](NCC[C@H](C)SC(=N)N)c1ccc(-n2cc3cc(-c4cc(CCC[C@@H](N)C5CC5)cc(Cl)c4F)[nH]c3nc2=O)cc1. The third-order valence-corrected chi connectivity index (χ3v) is 9.28. The molecule has 2 aromatic carbocycles. The van der Waals surface area contributed by atoms with Crippen molar-refractivity contribution in [1.29, 1.82) is 5.41 Å². The molecule has 1 fully saturated rings. The number of aromatic nitrogens is 3. The van der Waals surface area contributed by atoms with Crippen molar-refractivity contribution in [2.45, 2.75) is 69.7 Å². The second-order valence-electron chi connectivity index (χ2n) is 11.6. The minimum Gasteiger partial charge on any atom is -0.379 e. The summed E-state index contributed by atoms with van der Waals surface area (Å²) in [5.41, 5.74) is 15.3. The standard InChI is InChI=1S/C32H39ClFN7OS/c1-18(43-31(36)37)12-13-38-19(2)21-8-10-24(11-9-21)41-17-23-16-28(39-30(23)40-32(41)42)25-14-20(15-26(33)29(25)34)4-3-5-27(35)22-6-7-22/h8-11,14-19,22,27,38H,3-7,12-13,35H2,1-2H3,(H3,36,37)(H,39,40,42)/t18-,19-,27+/m0/s1. The van der Waals surface area contributed by atoms with Crippen molar-refractivity contribution in [1.82, 2.24) is 19.9 Å². The van der Waals surface area contributed by atoms with Crippen LogP contribution in [0.5, 0.6) is 0 Å². The van der Waals surface area contributed by atoms with Crippen molar-refractivity contribution < 1.29 is 4.39 Å². The summed E-state index contributed by atoms with van der Waals surface area (Å²) < 4.78 is 16.7. The summed E-state index contributed by atoms with van der Waals surface area (Å²) in [5.74, 6) is 0.147. The normalized spacial score (nSPS) is 15.5. The van der Waals surface area contributed by atoms with Crippen molar-refractivity contribution in [3.63, 3.8) is 0 Å². The number of thioether (sulfide) groups is 1. The summed E-state index contributed by atoms with van der Waals surface area (Å²) >= 11 is 7.66. The summed E-state index contributed by atoms with van der Waals surface area (Å²) in [6.45, 7) is 4.94. The number of aryl methyl sites for hydroxylation is 1. The highest BCUT2D eigenvalue weighted by Crippen LogP contribution is 2.34. The van der Waals surface area contributed by atoms with Gasteiger partial charge < -0.3 is 21.8 Å². The lowest BCUT2D eigenvalue weighted by atomic mass is 10.00. The predicted molar refractivity (Wildman–Crippen MR) is 176 cm³/mol. The molecule has 11 heteroatoms. The van der Waals surface area contributed by atoms with Gasteiger partial charge in [0.05, 0.1) is 16.4 Å². The van der Waals surface area contributed by atoms with E-state index >= 15 is 4.39 Å². The molecule has 0 amide bonds. The first-order valence-electron chi connectivity index (χ1n) is 14.8. The van der Waals surface area contributed by atoms with Gasteiger partial charge in [-0.3, -0.25) is 9.98 Å². The van der Waals surface area contributed by atoms with Crippen molar-refractivity contribution in [2.24, 2.45) is 17.4 Å². The number of amidine groups is 1. The number of halogens is 2. The highest BCUT2D eigenvalue weighted by Gasteiger charge is 2.27. The zero-order valence-corrected chi connectivity index (χ0v) is 26.1. The molecule has 2 aromatic heterocycles. The Bertz CT molecular complexity index is 1650. The Balaban J connectivity index is 1.30. The Morgan fingerprint density at radius 3 is 2.67 bits per heavy atom. The first-order chi connectivity index (χ1) is 20.6. The van der Waals surface area contributed by atoms with Crippen LogP contribution in [-0.4, -0.2) is 37.5 Å². The number of aromatic amines is 1. The van der Waals surface area contributed by atoms with E-state index in [4.69, 9.17) is 28.5 Å². The molecule has 5 rings (SSSR count). The Labute approximate surface area is 260 Å². The second kappa shape index (κ2) is 13.6. The fourth-order valence-electron chi connectivity index (χ4n) is 5.43. The van der Waals surface area contributed by atoms with Crippen LogP contribution in [0.2, 0.25) is 5.02 Å². The fourth-order valence-corrected chi connectivity index (χ4v) is 6.34. The van der Waals surface area contributed by atoms with E-state index in [0.717, 1.165) is 43.4 Å². The van der Waals surface area contributed by atoms with Gasteiger partial charge >= 0.3 is 5.69 Å². The van der Waals surface area contributed by atoms with Gasteiger partial charge in [-0.05, 0) is 99.4 Å². The van der Waals surface area contributed by atoms with E-state index in [-0.39, 0.29) is 27.5 Å². The summed E-state index contributed by atoms with van der Waals surface area (Å²) in [7, 11) is 0. The monoisotopic (exact) mass is 623 g/mol. The van der Waals surface area contributed by atoms with Crippen molar-refractivity contribution in [3.05, 3.63) is 81.1 Å². The van der Waals surface area contributed by atoms with Gasteiger partial charge in [0.25, 0.3) is 0 Å². The molecule has 0 spiro atoms. The van der Waals surface area contributed by atoms with Gasteiger partial charge in [-0.2, -0.15) is 4.98 Å². The van der Waals surface area contributed by atoms with E-state index in [0.29, 0.717) is 33.9 Å². The van der Waals surface area contributed by atoms with Crippen LogP contribution in [0.25, 0.3) is 28.0 Å². The Morgan fingerprint density at radius 2 is 1.98 bits per heavy atom. The molecule has 0 radical (unpaired) electrons. The largest absolute Gasteiger partial charge is 0.379 e. The molecule has 1 aliphatic rings. The first kappa shape index (κ1) is 31.3. The fraction of sp³-hybridized carbons (Fsp3) is 0.406. The quantitative estimate of drug-likeness (QED) is 0.0876. The Kier molecular flexibility index (Phi) is 9.91. The number of hydrogen-bond acceptors (Lipinski definition) is 6. The Morgan fingerprint density at radius 1 is 1.23 bits per heavy atom. The minimum absolute atomic E-state index is 0.0680. The van der Waals surface area contributed by atoms with Gasteiger partial charge in [-0.25, -0.2) is 9.18 Å². The van der Waals surface area contributed by atoms with Gasteiger partial charge in [0.1, 0.15) is 5.65 Å². The van der Waals surface area contributed by atoms with E-state index in [1.54, 1.807) is 18.3 Å². The number of nitrogens with zero attached hydrogens (tertiary/aromatic N) is 2. The maximum atomic E-state index is 15.2. The lowest BCUT2D eigenvalue weighted by Crippen LogP contribution is -2.23. The molecule has 43 heavy (non-hydrogen) atoms. The molecular formula is C32H39ClFN7OS. The third kappa shape index (κ3) is 7.86. The molecule has 0 bridgehead atoms. The molecular weight excluding hydrogens is 585 g/mol. The van der Waals surface area contributed by atoms with Crippen LogP contribution in [-0.2, 0) is 6.42 Å². The number of nitrogens with one attached hydrogen (secondary N) is 3. The lowest BCUT2D eigenvalue weighted by molar-refractivity contribution is 0.528. The molecule has 0 aliphatic heterocycles. The van der Waals surface area contributed by atoms with Crippen LogP contribution in [0, 0.1) is 17.1 Å². The van der Waals surface area contributed by atoms with Gasteiger partial charge in [-0.15, -0.1) is 0 Å². The minimum atomic E-state index is -0.507. The number of H-pyrrole nitrogens is 1. The van der Waals surface area contributed by atoms with E-state index in [1.807, 2.05) is 30.3 Å². The molecule has 8 nitrogen and oxygen atoms in total. The molecule has 7 N–H and O–H groups in total. The molecule has 1 saturated carbocycles. The highest BCUT2D eigenvalue weighted by atomic mass is 35.5. The number of rotatable bonds is 13. The van der Waals surface area contributed by atoms with Crippen molar-refractivity contribution in [2.75, 3.05) is 6.54 Å². The van der Waals surface area contributed by atoms with Crippen LogP contribution >= 0.6 is 23.4 Å². The summed E-state index contributed by atoms with van der Waals surface area (Å²) in [6.07, 6.45) is 7.67. The van der Waals surface area contributed by atoms with E-state index in [1.165, 1.54) is 29.2 Å². The van der Waals surface area contributed by atoms with Crippen LogP contribution in [0.15, 0.2) is 53.5 Å². The van der Waals surface area contributed by atoms with E-state index < -0.39 is 11.5 Å². The maximum absolute atomic E-state index is 15.2. The summed E-state index contributed by atoms with van der Waals surface area (Å²) in [6, 6.07) is 13.4. The summed E-state index contributed by atoms with van der Waals surface area (Å²) in [4.78, 5) is 20.3. The number of benzene rings is 2. The highest BCUT2D eigenvalue weighted by molar-refractivity contribution is 8.14. The zero-order valence-electron chi connectivity index (χ0n) is 24.5. The average molecular weight is 624 g/mol. The van der Waals surface area contributed by atoms with Crippen LogP contribution < -0.4 is 22.5 Å². The topological polar surface area (TPSA) is 139 Å². The molecule has 0 saturated heterocycles. The maximum Gasteiger partial charge on any atom is 0.354 e. The lowest BCUT2D eigenvalue weighted by Gasteiger charge is -2.17. The van der Waals surface area contributed by atoms with Crippen LogP contribution in [0.3, 0.4) is 0 Å². The van der Waals surface area contributed by atoms with Crippen LogP contribution in [0.4, 0.5) is 4.39 Å². The Hall–Kier alpha value is -3.18. The summed E-state index contributed by atoms with van der Waals surface area (Å²) in [5, 5.41) is 12.1. The number of nitrogens with two attached hydrogens (primary N) is 2. The molecule has 4 aromatic rings. The van der Waals surface area contributed by atoms with Gasteiger partial charge in [0, 0.05) is 34.5 Å². The molecule has 3 atom stereocenters. The molecule has 2 heterocycles. The third-order valence-electron chi connectivity index (χ3n) is 8.12. The number of fused-ring (bicyclic) bond motifs is 1. The zero-order chi connectivity index (χ0) is 30.7. The van der Waals surface area contributed by atoms with Gasteiger partial charge in [0.2, 0.25) is 0 Å². The van der Waals surface area contributed by atoms with E-state index in [2.05, 4.69) is 29.1 Å². The molecule has 1 aliphatic carbocycles. The van der Waals surface area contributed by atoms with Gasteiger partial charge in [0.15, 0.2) is 11.0 Å². The molecule has 0 unspecified atom stereocenters. The van der Waals surface area contributed by atoms with Crippen LogP contribution in [0.1, 0.15) is 63.1 Å².